The largest absolute Gasteiger partial charge is 0.338 e. The first kappa shape index (κ1) is 20.7. The van der Waals surface area contributed by atoms with E-state index in [1.54, 1.807) is 29.1 Å². The van der Waals surface area contributed by atoms with E-state index in [0.717, 1.165) is 17.5 Å². The molecule has 0 bridgehead atoms. The fourth-order valence-electron chi connectivity index (χ4n) is 3.46. The van der Waals surface area contributed by atoms with Crippen molar-refractivity contribution in [2.24, 2.45) is 7.05 Å². The molecule has 4 rings (SSSR count). The van der Waals surface area contributed by atoms with Crippen molar-refractivity contribution in [1.29, 1.82) is 0 Å². The number of anilines is 1. The van der Waals surface area contributed by atoms with Gasteiger partial charge in [-0.3, -0.25) is 14.2 Å². The zero-order valence-electron chi connectivity index (χ0n) is 17.2. The second-order valence-electron chi connectivity index (χ2n) is 7.17. The Morgan fingerprint density at radius 1 is 1.10 bits per heavy atom. The van der Waals surface area contributed by atoms with Crippen LogP contribution in [0.2, 0.25) is 0 Å². The molecule has 2 heterocycles. The van der Waals surface area contributed by atoms with E-state index in [4.69, 9.17) is 0 Å². The highest BCUT2D eigenvalue weighted by atomic mass is 32.1. The summed E-state index contributed by atoms with van der Waals surface area (Å²) >= 11 is 1.67. The number of amides is 2. The fraction of sp³-hybridized carbons (Fsp3) is 0.167. The zero-order valence-corrected chi connectivity index (χ0v) is 18.1. The van der Waals surface area contributed by atoms with Gasteiger partial charge in [-0.15, -0.1) is 11.3 Å². The number of rotatable bonds is 7. The van der Waals surface area contributed by atoms with Gasteiger partial charge < -0.3 is 10.6 Å². The maximum Gasteiger partial charge on any atom is 0.319 e. The van der Waals surface area contributed by atoms with Gasteiger partial charge in [0.05, 0.1) is 17.4 Å². The van der Waals surface area contributed by atoms with Gasteiger partial charge >= 0.3 is 6.03 Å². The van der Waals surface area contributed by atoms with Gasteiger partial charge in [-0.1, -0.05) is 48.6 Å². The van der Waals surface area contributed by atoms with E-state index in [1.807, 2.05) is 76.8 Å². The molecule has 2 aromatic carbocycles. The molecule has 0 aliphatic carbocycles. The molecule has 0 aliphatic heterocycles. The molecule has 0 aliphatic rings. The molecule has 158 valence electrons. The van der Waals surface area contributed by atoms with Crippen LogP contribution in [0, 0.1) is 0 Å². The third kappa shape index (κ3) is 4.95. The average molecular weight is 433 g/mol. The summed E-state index contributed by atoms with van der Waals surface area (Å²) in [5, 5.41) is 8.27. The first-order valence-electron chi connectivity index (χ1n) is 10.1. The van der Waals surface area contributed by atoms with Gasteiger partial charge in [0.2, 0.25) is 0 Å². The summed E-state index contributed by atoms with van der Waals surface area (Å²) in [7, 11) is 1.75. The number of benzene rings is 2. The van der Waals surface area contributed by atoms with Crippen molar-refractivity contribution in [1.82, 2.24) is 14.7 Å². The van der Waals surface area contributed by atoms with Crippen molar-refractivity contribution in [2.45, 2.75) is 13.0 Å². The summed E-state index contributed by atoms with van der Waals surface area (Å²) < 4.78 is 3.52. The molecule has 0 atom stereocenters. The van der Waals surface area contributed by atoms with Crippen LogP contribution in [0.1, 0.15) is 10.4 Å². The minimum Gasteiger partial charge on any atom is -0.338 e. The third-order valence-electron chi connectivity index (χ3n) is 5.04. The van der Waals surface area contributed by atoms with Gasteiger partial charge in [-0.05, 0) is 41.6 Å². The van der Waals surface area contributed by atoms with Crippen LogP contribution < -0.4 is 16.2 Å². The molecular formula is C24H24N4O2S. The first-order chi connectivity index (χ1) is 15.1. The summed E-state index contributed by atoms with van der Waals surface area (Å²) in [6.45, 7) is 1.13. The number of fused-ring (bicyclic) bond motifs is 1. The minimum atomic E-state index is -0.280. The quantitative estimate of drug-likeness (QED) is 0.452. The van der Waals surface area contributed by atoms with Gasteiger partial charge in [-0.25, -0.2) is 4.79 Å². The molecule has 0 spiro atoms. The lowest BCUT2D eigenvalue weighted by Crippen LogP contribution is -2.30. The number of thiophene rings is 1. The topological polar surface area (TPSA) is 68.1 Å². The smallest absolute Gasteiger partial charge is 0.319 e. The standard InChI is InChI=1S/C24H24N4O2S/c1-27-23(29)21-17-19(26-24(30)25-14-13-20-10-6-16-31-20)11-12-22(21)28(27)15-5-9-18-7-3-2-4-8-18/h2-12,16-17H,13-15H2,1H3,(H2,25,26,30)/b9-5+. The molecule has 31 heavy (non-hydrogen) atoms. The van der Waals surface area contributed by atoms with Crippen molar-refractivity contribution in [2.75, 3.05) is 11.9 Å². The maximum atomic E-state index is 12.7. The summed E-state index contributed by atoms with van der Waals surface area (Å²) in [5.41, 5.74) is 2.44. The molecule has 0 unspecified atom stereocenters. The molecule has 7 heteroatoms. The van der Waals surface area contributed by atoms with Crippen molar-refractivity contribution >= 4 is 40.0 Å². The molecule has 4 aromatic rings. The van der Waals surface area contributed by atoms with Gasteiger partial charge in [-0.2, -0.15) is 0 Å². The van der Waals surface area contributed by atoms with E-state index in [1.165, 1.54) is 4.88 Å². The number of hydrogen-bond donors (Lipinski definition) is 2. The molecule has 0 saturated carbocycles. The molecule has 6 nitrogen and oxygen atoms in total. The fourth-order valence-corrected chi connectivity index (χ4v) is 4.17. The van der Waals surface area contributed by atoms with Crippen molar-refractivity contribution in [3.8, 4) is 0 Å². The van der Waals surface area contributed by atoms with E-state index in [0.29, 0.717) is 24.2 Å². The molecule has 2 aromatic heterocycles. The Morgan fingerprint density at radius 3 is 2.71 bits per heavy atom. The number of hydrogen-bond acceptors (Lipinski definition) is 3. The van der Waals surface area contributed by atoms with Crippen LogP contribution in [0.25, 0.3) is 17.0 Å². The monoisotopic (exact) mass is 432 g/mol. The summed E-state index contributed by atoms with van der Waals surface area (Å²) in [4.78, 5) is 26.1. The van der Waals surface area contributed by atoms with Crippen molar-refractivity contribution in [3.63, 3.8) is 0 Å². The highest BCUT2D eigenvalue weighted by Crippen LogP contribution is 2.17. The van der Waals surface area contributed by atoms with Gasteiger partial charge in [0.15, 0.2) is 0 Å². The van der Waals surface area contributed by atoms with E-state index in [-0.39, 0.29) is 11.6 Å². The first-order valence-corrected chi connectivity index (χ1v) is 11.0. The number of urea groups is 1. The Hall–Kier alpha value is -3.58. The highest BCUT2D eigenvalue weighted by molar-refractivity contribution is 7.09. The van der Waals surface area contributed by atoms with Crippen LogP contribution in [0.3, 0.4) is 0 Å². The maximum absolute atomic E-state index is 12.7. The zero-order chi connectivity index (χ0) is 21.6. The molecule has 2 N–H and O–H groups in total. The van der Waals surface area contributed by atoms with E-state index in [9.17, 15) is 9.59 Å². The normalized spacial score (nSPS) is 11.3. The summed E-state index contributed by atoms with van der Waals surface area (Å²) in [6.07, 6.45) is 4.86. The predicted octanol–water partition coefficient (Wildman–Crippen LogP) is 4.48. The number of nitrogens with zero attached hydrogens (tertiary/aromatic N) is 2. The SMILES string of the molecule is Cn1c(=O)c2cc(NC(=O)NCCc3cccs3)ccc2n1C/C=C/c1ccccc1. The Morgan fingerprint density at radius 2 is 1.94 bits per heavy atom. The van der Waals surface area contributed by atoms with E-state index in [2.05, 4.69) is 10.6 Å². The number of allylic oxidation sites excluding steroid dienone is 1. The van der Waals surface area contributed by atoms with Gasteiger partial charge in [0.25, 0.3) is 5.56 Å². The highest BCUT2D eigenvalue weighted by Gasteiger charge is 2.11. The summed E-state index contributed by atoms with van der Waals surface area (Å²) in [5.74, 6) is 0. The van der Waals surface area contributed by atoms with Crippen LogP contribution in [-0.4, -0.2) is 21.9 Å². The molecule has 2 amide bonds. The minimum absolute atomic E-state index is 0.0927. The lowest BCUT2D eigenvalue weighted by Gasteiger charge is -2.08. The number of nitrogens with one attached hydrogen (secondary N) is 2. The van der Waals surface area contributed by atoms with Gasteiger partial charge in [0.1, 0.15) is 0 Å². The van der Waals surface area contributed by atoms with Crippen LogP contribution in [-0.2, 0) is 20.0 Å². The average Bonchev–Trinajstić information content (AvgIpc) is 3.37. The van der Waals surface area contributed by atoms with Crippen LogP contribution in [0.5, 0.6) is 0 Å². The predicted molar refractivity (Wildman–Crippen MR) is 128 cm³/mol. The molecule has 0 radical (unpaired) electrons. The second kappa shape index (κ2) is 9.49. The Kier molecular flexibility index (Phi) is 6.33. The second-order valence-corrected chi connectivity index (χ2v) is 8.20. The van der Waals surface area contributed by atoms with Crippen LogP contribution in [0.15, 0.2) is 76.9 Å². The summed E-state index contributed by atoms with van der Waals surface area (Å²) in [6, 6.07) is 19.2. The van der Waals surface area contributed by atoms with Crippen molar-refractivity contribution < 1.29 is 4.79 Å². The Balaban J connectivity index is 1.44. The third-order valence-corrected chi connectivity index (χ3v) is 5.98. The molecule has 0 fully saturated rings. The Labute approximate surface area is 184 Å². The number of carbonyl (C=O) groups excluding carboxylic acids is 1. The van der Waals surface area contributed by atoms with Crippen LogP contribution in [0.4, 0.5) is 10.5 Å². The lowest BCUT2D eigenvalue weighted by molar-refractivity contribution is 0.252. The number of aromatic nitrogens is 2. The van der Waals surface area contributed by atoms with E-state index < -0.39 is 0 Å². The number of carbonyl (C=O) groups is 1. The van der Waals surface area contributed by atoms with Gasteiger partial charge in [0, 0.05) is 24.2 Å². The molecular weight excluding hydrogens is 408 g/mol. The van der Waals surface area contributed by atoms with Crippen molar-refractivity contribution in [3.05, 3.63) is 92.9 Å². The Bertz CT molecular complexity index is 1250. The van der Waals surface area contributed by atoms with E-state index >= 15 is 0 Å². The van der Waals surface area contributed by atoms with Crippen LogP contribution >= 0.6 is 11.3 Å². The lowest BCUT2D eigenvalue weighted by atomic mass is 10.2. The molecule has 0 saturated heterocycles.